The molecule has 0 spiro atoms. The summed E-state index contributed by atoms with van der Waals surface area (Å²) in [5.74, 6) is -0.431. The van der Waals surface area contributed by atoms with Crippen LogP contribution in [0.3, 0.4) is 0 Å². The quantitative estimate of drug-likeness (QED) is 0.651. The van der Waals surface area contributed by atoms with Gasteiger partial charge in [0.15, 0.2) is 6.23 Å². The molecule has 0 radical (unpaired) electrons. The van der Waals surface area contributed by atoms with Crippen LogP contribution in [0.4, 0.5) is 5.82 Å². The zero-order chi connectivity index (χ0) is 14.3. The molecule has 2 aromatic heterocycles. The third-order valence-electron chi connectivity index (χ3n) is 3.16. The molecular weight excluding hydrogens is 262 g/mol. The normalized spacial score (nSPS) is 21.6. The maximum absolute atomic E-state index is 11.5. The van der Waals surface area contributed by atoms with E-state index in [-0.39, 0.29) is 24.1 Å². The van der Waals surface area contributed by atoms with Crippen molar-refractivity contribution in [2.75, 3.05) is 12.3 Å². The smallest absolute Gasteiger partial charge is 0.251 e. The van der Waals surface area contributed by atoms with Crippen LogP contribution in [0.2, 0.25) is 0 Å². The Morgan fingerprint density at radius 1 is 1.45 bits per heavy atom. The number of carbonyl (C=O) groups is 1. The number of aliphatic hydroxyl groups is 1. The second-order valence-electron chi connectivity index (χ2n) is 4.40. The fourth-order valence-corrected chi connectivity index (χ4v) is 2.24. The largest absolute Gasteiger partial charge is 0.393 e. The van der Waals surface area contributed by atoms with E-state index in [9.17, 15) is 4.79 Å². The number of nitrogens with two attached hydrogens (primary N) is 2. The van der Waals surface area contributed by atoms with Gasteiger partial charge >= 0.3 is 0 Å². The monoisotopic (exact) mass is 275 g/mol. The Labute approximate surface area is 113 Å². The van der Waals surface area contributed by atoms with Crippen molar-refractivity contribution in [3.8, 4) is 0 Å². The summed E-state index contributed by atoms with van der Waals surface area (Å²) in [5.41, 5.74) is 11.8. The highest BCUT2D eigenvalue weighted by Crippen LogP contribution is 2.30. The lowest BCUT2D eigenvalue weighted by Gasteiger charge is -2.14. The summed E-state index contributed by atoms with van der Waals surface area (Å²) in [6, 6.07) is 0. The van der Waals surface area contributed by atoms with Crippen molar-refractivity contribution in [2.24, 2.45) is 5.73 Å². The van der Waals surface area contributed by atoms with Gasteiger partial charge in [-0.3, -0.25) is 4.79 Å². The van der Waals surface area contributed by atoms with E-state index in [1.807, 2.05) is 0 Å². The Kier molecular flexibility index (Phi) is 2.88. The van der Waals surface area contributed by atoms with E-state index in [4.69, 9.17) is 21.3 Å². The van der Waals surface area contributed by atoms with Gasteiger partial charge in [-0.2, -0.15) is 0 Å². The summed E-state index contributed by atoms with van der Waals surface area (Å²) in [7, 11) is 0. The molecule has 2 aromatic rings. The highest BCUT2D eigenvalue weighted by Gasteiger charge is 2.25. The summed E-state index contributed by atoms with van der Waals surface area (Å²) < 4.78 is 7.22. The summed E-state index contributed by atoms with van der Waals surface area (Å²) >= 11 is 0. The molecule has 104 valence electrons. The van der Waals surface area contributed by atoms with Crippen LogP contribution in [0.1, 0.15) is 16.6 Å². The van der Waals surface area contributed by atoms with Gasteiger partial charge in [-0.25, -0.2) is 9.97 Å². The average Bonchev–Trinajstić information content (AvgIpc) is 3.02. The summed E-state index contributed by atoms with van der Waals surface area (Å²) in [6.07, 6.45) is 5.49. The van der Waals surface area contributed by atoms with Crippen LogP contribution in [0.5, 0.6) is 0 Å². The Bertz CT molecular complexity index is 708. The van der Waals surface area contributed by atoms with E-state index >= 15 is 0 Å². The number of primary amides is 1. The van der Waals surface area contributed by atoms with Gasteiger partial charge in [0.25, 0.3) is 5.91 Å². The summed E-state index contributed by atoms with van der Waals surface area (Å²) in [4.78, 5) is 19.5. The van der Waals surface area contributed by atoms with Crippen molar-refractivity contribution < 1.29 is 14.6 Å². The number of nitrogens with zero attached hydrogens (tertiary/aromatic N) is 3. The number of aromatic nitrogens is 3. The second-order valence-corrected chi connectivity index (χ2v) is 4.40. The van der Waals surface area contributed by atoms with Crippen molar-refractivity contribution in [1.82, 2.24) is 14.5 Å². The van der Waals surface area contributed by atoms with Crippen LogP contribution in [0.25, 0.3) is 11.0 Å². The first-order valence-electron chi connectivity index (χ1n) is 5.97. The van der Waals surface area contributed by atoms with Crippen molar-refractivity contribution in [3.05, 3.63) is 30.2 Å². The molecule has 3 rings (SSSR count). The number of amides is 1. The van der Waals surface area contributed by atoms with Gasteiger partial charge in [-0.15, -0.1) is 0 Å². The number of hydrogen-bond donors (Lipinski definition) is 3. The minimum Gasteiger partial charge on any atom is -0.393 e. The molecule has 0 saturated heterocycles. The van der Waals surface area contributed by atoms with Crippen molar-refractivity contribution in [1.29, 1.82) is 0 Å². The van der Waals surface area contributed by atoms with Crippen LogP contribution in [0, 0.1) is 0 Å². The van der Waals surface area contributed by atoms with Crippen LogP contribution < -0.4 is 11.5 Å². The first kappa shape index (κ1) is 12.6. The highest BCUT2D eigenvalue weighted by atomic mass is 16.5. The number of aliphatic hydroxyl groups excluding tert-OH is 1. The van der Waals surface area contributed by atoms with Crippen LogP contribution in [0.15, 0.2) is 24.7 Å². The molecule has 1 amide bonds. The van der Waals surface area contributed by atoms with E-state index in [1.165, 1.54) is 12.5 Å². The molecule has 2 atom stereocenters. The molecule has 0 fully saturated rings. The topological polar surface area (TPSA) is 129 Å². The Hall–Kier alpha value is -2.45. The standard InChI is InChI=1S/C12H13N5O3/c13-10-9-7(11(14)19)3-17(12(9)16-5-15-10)8-2-1-6(4-18)20-8/h1-3,5-6,8,18H,4H2,(H2,14,19)(H2,13,15,16). The Morgan fingerprint density at radius 2 is 2.25 bits per heavy atom. The van der Waals surface area contributed by atoms with Gasteiger partial charge in [0.2, 0.25) is 0 Å². The molecule has 8 heteroatoms. The number of fused-ring (bicyclic) bond motifs is 1. The molecule has 8 nitrogen and oxygen atoms in total. The summed E-state index contributed by atoms with van der Waals surface area (Å²) in [6.45, 7) is -0.119. The number of ether oxygens (including phenoxy) is 1. The van der Waals surface area contributed by atoms with Crippen LogP contribution in [-0.2, 0) is 4.74 Å². The van der Waals surface area contributed by atoms with Gasteiger partial charge in [0.05, 0.1) is 17.6 Å². The fraction of sp³-hybridized carbons (Fsp3) is 0.250. The molecule has 0 aliphatic carbocycles. The van der Waals surface area contributed by atoms with Gasteiger partial charge in [0.1, 0.15) is 23.9 Å². The average molecular weight is 275 g/mol. The molecule has 0 bridgehead atoms. The third kappa shape index (κ3) is 1.82. The maximum Gasteiger partial charge on any atom is 0.251 e. The van der Waals surface area contributed by atoms with Crippen molar-refractivity contribution in [2.45, 2.75) is 12.3 Å². The molecule has 0 aromatic carbocycles. The lowest BCUT2D eigenvalue weighted by molar-refractivity contribution is -0.00616. The predicted molar refractivity (Wildman–Crippen MR) is 70.6 cm³/mol. The zero-order valence-electron chi connectivity index (χ0n) is 10.4. The van der Waals surface area contributed by atoms with Crippen molar-refractivity contribution in [3.63, 3.8) is 0 Å². The number of carbonyl (C=O) groups excluding carboxylic acids is 1. The van der Waals surface area contributed by atoms with Crippen LogP contribution >= 0.6 is 0 Å². The van der Waals surface area contributed by atoms with E-state index in [0.717, 1.165) is 0 Å². The minimum atomic E-state index is -0.615. The maximum atomic E-state index is 11.5. The molecule has 1 aliphatic rings. The number of hydrogen-bond acceptors (Lipinski definition) is 6. The van der Waals surface area contributed by atoms with Gasteiger partial charge in [-0.05, 0) is 6.08 Å². The van der Waals surface area contributed by atoms with E-state index in [0.29, 0.717) is 11.0 Å². The zero-order valence-corrected chi connectivity index (χ0v) is 10.4. The van der Waals surface area contributed by atoms with Gasteiger partial charge in [0, 0.05) is 6.20 Å². The van der Waals surface area contributed by atoms with E-state index in [2.05, 4.69) is 9.97 Å². The molecule has 3 heterocycles. The molecule has 5 N–H and O–H groups in total. The molecule has 1 aliphatic heterocycles. The third-order valence-corrected chi connectivity index (χ3v) is 3.16. The van der Waals surface area contributed by atoms with Gasteiger partial charge in [-0.1, -0.05) is 6.08 Å². The highest BCUT2D eigenvalue weighted by molar-refractivity contribution is 6.08. The van der Waals surface area contributed by atoms with Crippen LogP contribution in [-0.4, -0.2) is 38.3 Å². The first-order chi connectivity index (χ1) is 9.61. The van der Waals surface area contributed by atoms with E-state index < -0.39 is 12.1 Å². The Balaban J connectivity index is 2.15. The Morgan fingerprint density at radius 3 is 2.90 bits per heavy atom. The first-order valence-corrected chi connectivity index (χ1v) is 5.97. The van der Waals surface area contributed by atoms with Crippen molar-refractivity contribution >= 4 is 22.8 Å². The molecular formula is C12H13N5O3. The van der Waals surface area contributed by atoms with E-state index in [1.54, 1.807) is 16.7 Å². The SMILES string of the molecule is NC(=O)c1cn(C2C=CC(CO)O2)c2ncnc(N)c12. The lowest BCUT2D eigenvalue weighted by atomic mass is 10.2. The predicted octanol–water partition coefficient (Wildman–Crippen LogP) is -0.442. The second kappa shape index (κ2) is 4.58. The molecule has 2 unspecified atom stereocenters. The molecule has 0 saturated carbocycles. The number of rotatable bonds is 3. The summed E-state index contributed by atoms with van der Waals surface area (Å²) in [5, 5.41) is 9.48. The number of anilines is 1. The lowest BCUT2D eigenvalue weighted by Crippen LogP contribution is -2.15. The van der Waals surface area contributed by atoms with Gasteiger partial charge < -0.3 is 25.9 Å². The fourth-order valence-electron chi connectivity index (χ4n) is 2.24. The number of nitrogen functional groups attached to an aromatic ring is 1. The minimum absolute atomic E-state index is 0.119. The molecule has 20 heavy (non-hydrogen) atoms.